The van der Waals surface area contributed by atoms with Gasteiger partial charge in [-0.15, -0.1) is 0 Å². The van der Waals surface area contributed by atoms with Gasteiger partial charge in [0, 0.05) is 19.3 Å². The number of anilines is 1. The van der Waals surface area contributed by atoms with E-state index in [0.29, 0.717) is 5.75 Å². The molecule has 1 heterocycles. The molecule has 3 N–H and O–H groups in total. The third kappa shape index (κ3) is 4.14. The standard InChI is InChI=1S/C16H19N3O6/c1-25-12-4-2-11(3-5-12)19-15(23)13(14(22)17-16(19)24)10-18(6-8-20)7-9-21/h2-5,10,20-21H,6-9H2,1H3,(H,17,22,24)/b13-10-. The molecule has 1 saturated heterocycles. The number of carbonyl (C=O) groups excluding carboxylic acids is 3. The van der Waals surface area contributed by atoms with Crippen molar-refractivity contribution in [2.45, 2.75) is 0 Å². The zero-order chi connectivity index (χ0) is 18.4. The number of rotatable bonds is 7. The number of urea groups is 1. The van der Waals surface area contributed by atoms with Gasteiger partial charge in [0.2, 0.25) is 0 Å². The van der Waals surface area contributed by atoms with Crippen LogP contribution in [0.25, 0.3) is 0 Å². The Hall–Kier alpha value is -2.91. The van der Waals surface area contributed by atoms with Gasteiger partial charge in [-0.25, -0.2) is 9.69 Å². The van der Waals surface area contributed by atoms with Gasteiger partial charge in [0.25, 0.3) is 11.8 Å². The number of barbiturate groups is 1. The summed E-state index contributed by atoms with van der Waals surface area (Å²) in [6.07, 6.45) is 1.23. The molecule has 4 amide bonds. The highest BCUT2D eigenvalue weighted by Crippen LogP contribution is 2.23. The molecule has 134 valence electrons. The largest absolute Gasteiger partial charge is 0.497 e. The number of amides is 4. The molecule has 0 atom stereocenters. The zero-order valence-electron chi connectivity index (χ0n) is 13.6. The monoisotopic (exact) mass is 349 g/mol. The zero-order valence-corrected chi connectivity index (χ0v) is 13.6. The number of aliphatic hydroxyl groups is 2. The van der Waals surface area contributed by atoms with Crippen LogP contribution in [0.15, 0.2) is 36.0 Å². The number of benzene rings is 1. The molecule has 2 rings (SSSR count). The molecule has 25 heavy (non-hydrogen) atoms. The van der Waals surface area contributed by atoms with Gasteiger partial charge < -0.3 is 19.8 Å². The minimum absolute atomic E-state index is 0.126. The Morgan fingerprint density at radius 3 is 2.24 bits per heavy atom. The van der Waals surface area contributed by atoms with E-state index in [1.807, 2.05) is 0 Å². The van der Waals surface area contributed by atoms with Crippen molar-refractivity contribution in [1.29, 1.82) is 0 Å². The minimum atomic E-state index is -0.854. The second-order valence-corrected chi connectivity index (χ2v) is 5.12. The maximum atomic E-state index is 12.6. The van der Waals surface area contributed by atoms with Gasteiger partial charge in [0.05, 0.1) is 26.0 Å². The van der Waals surface area contributed by atoms with Crippen LogP contribution in [0.3, 0.4) is 0 Å². The van der Waals surface area contributed by atoms with Crippen molar-refractivity contribution in [2.75, 3.05) is 38.3 Å². The smallest absolute Gasteiger partial charge is 0.335 e. The fraction of sp³-hybridized carbons (Fsp3) is 0.312. The van der Waals surface area contributed by atoms with Gasteiger partial charge in [-0.3, -0.25) is 14.9 Å². The normalized spacial score (nSPS) is 16.2. The fourth-order valence-electron chi connectivity index (χ4n) is 2.29. The van der Waals surface area contributed by atoms with Crippen molar-refractivity contribution >= 4 is 23.5 Å². The Morgan fingerprint density at radius 1 is 1.12 bits per heavy atom. The molecule has 1 aromatic carbocycles. The molecule has 0 unspecified atom stereocenters. The number of hydrogen-bond donors (Lipinski definition) is 3. The van der Waals surface area contributed by atoms with Crippen LogP contribution < -0.4 is 15.0 Å². The summed E-state index contributed by atoms with van der Waals surface area (Å²) in [5, 5.41) is 20.2. The van der Waals surface area contributed by atoms with Crippen molar-refractivity contribution in [1.82, 2.24) is 10.2 Å². The quantitative estimate of drug-likeness (QED) is 0.446. The summed E-state index contributed by atoms with van der Waals surface area (Å²) < 4.78 is 5.03. The van der Waals surface area contributed by atoms with Gasteiger partial charge in [0.15, 0.2) is 0 Å². The Morgan fingerprint density at radius 2 is 1.72 bits per heavy atom. The molecule has 0 bridgehead atoms. The van der Waals surface area contributed by atoms with Gasteiger partial charge in [-0.2, -0.15) is 0 Å². The third-order valence-electron chi connectivity index (χ3n) is 3.52. The van der Waals surface area contributed by atoms with E-state index in [2.05, 4.69) is 5.32 Å². The number of imide groups is 2. The Kier molecular flexibility index (Phi) is 6.09. The fourth-order valence-corrected chi connectivity index (χ4v) is 2.29. The van der Waals surface area contributed by atoms with E-state index < -0.39 is 17.8 Å². The first-order valence-electron chi connectivity index (χ1n) is 7.53. The number of ether oxygens (including phenoxy) is 1. The summed E-state index contributed by atoms with van der Waals surface area (Å²) in [6.45, 7) is -0.191. The summed E-state index contributed by atoms with van der Waals surface area (Å²) in [5.41, 5.74) is 0.00915. The van der Waals surface area contributed by atoms with E-state index in [4.69, 9.17) is 14.9 Å². The minimum Gasteiger partial charge on any atom is -0.497 e. The topological polar surface area (TPSA) is 119 Å². The number of methoxy groups -OCH3 is 1. The van der Waals surface area contributed by atoms with Crippen LogP contribution in [0, 0.1) is 0 Å². The molecule has 1 aromatic rings. The number of nitrogens with one attached hydrogen (secondary N) is 1. The van der Waals surface area contributed by atoms with E-state index in [9.17, 15) is 14.4 Å². The molecular weight excluding hydrogens is 330 g/mol. The van der Waals surface area contributed by atoms with Crippen LogP contribution >= 0.6 is 0 Å². The first kappa shape index (κ1) is 18.4. The Balaban J connectivity index is 2.34. The van der Waals surface area contributed by atoms with Gasteiger partial charge >= 0.3 is 6.03 Å². The lowest BCUT2D eigenvalue weighted by Gasteiger charge is -2.28. The van der Waals surface area contributed by atoms with Gasteiger partial charge in [-0.05, 0) is 24.3 Å². The highest BCUT2D eigenvalue weighted by atomic mass is 16.5. The summed E-state index contributed by atoms with van der Waals surface area (Å²) in [4.78, 5) is 39.0. The highest BCUT2D eigenvalue weighted by molar-refractivity contribution is 6.37. The lowest BCUT2D eigenvalue weighted by molar-refractivity contribution is -0.122. The summed E-state index contributed by atoms with van der Waals surface area (Å²) in [7, 11) is 1.49. The molecule has 9 heteroatoms. The van der Waals surface area contributed by atoms with Crippen LogP contribution in [0.5, 0.6) is 5.75 Å². The second kappa shape index (κ2) is 8.27. The summed E-state index contributed by atoms with van der Waals surface area (Å²) in [6, 6.07) is 5.35. The molecule has 0 saturated carbocycles. The van der Waals surface area contributed by atoms with Crippen molar-refractivity contribution in [3.63, 3.8) is 0 Å². The van der Waals surface area contributed by atoms with E-state index >= 15 is 0 Å². The molecule has 1 aliphatic heterocycles. The van der Waals surface area contributed by atoms with Gasteiger partial charge in [-0.1, -0.05) is 0 Å². The SMILES string of the molecule is COc1ccc(N2C(=O)NC(=O)/C(=C/N(CCO)CCO)C2=O)cc1. The third-order valence-corrected chi connectivity index (χ3v) is 3.52. The number of aliphatic hydroxyl groups excluding tert-OH is 2. The molecule has 1 aliphatic rings. The van der Waals surface area contributed by atoms with Crippen molar-refractivity contribution in [2.24, 2.45) is 0 Å². The maximum Gasteiger partial charge on any atom is 0.335 e. The molecule has 0 aliphatic carbocycles. The van der Waals surface area contributed by atoms with Crippen LogP contribution in [0.1, 0.15) is 0 Å². The molecule has 0 aromatic heterocycles. The lowest BCUT2D eigenvalue weighted by Crippen LogP contribution is -2.55. The molecule has 0 radical (unpaired) electrons. The summed E-state index contributed by atoms with van der Waals surface area (Å²) >= 11 is 0. The average molecular weight is 349 g/mol. The van der Waals surface area contributed by atoms with Crippen LogP contribution in [0.4, 0.5) is 10.5 Å². The van der Waals surface area contributed by atoms with Crippen LogP contribution in [-0.2, 0) is 9.59 Å². The average Bonchev–Trinajstić information content (AvgIpc) is 2.59. The van der Waals surface area contributed by atoms with E-state index in [1.54, 1.807) is 12.1 Å². The molecular formula is C16H19N3O6. The maximum absolute atomic E-state index is 12.6. The van der Waals surface area contributed by atoms with E-state index in [0.717, 1.165) is 4.90 Å². The first-order valence-corrected chi connectivity index (χ1v) is 7.53. The summed E-state index contributed by atoms with van der Waals surface area (Å²) in [5.74, 6) is -1.07. The predicted molar refractivity (Wildman–Crippen MR) is 87.8 cm³/mol. The van der Waals surface area contributed by atoms with E-state index in [-0.39, 0.29) is 37.6 Å². The van der Waals surface area contributed by atoms with E-state index in [1.165, 1.54) is 30.3 Å². The van der Waals surface area contributed by atoms with Crippen molar-refractivity contribution in [3.8, 4) is 5.75 Å². The lowest BCUT2D eigenvalue weighted by atomic mass is 10.1. The molecule has 1 fully saturated rings. The van der Waals surface area contributed by atoms with Crippen molar-refractivity contribution in [3.05, 3.63) is 36.0 Å². The Labute approximate surface area is 144 Å². The number of nitrogens with zero attached hydrogens (tertiary/aromatic N) is 2. The second-order valence-electron chi connectivity index (χ2n) is 5.12. The molecule has 0 spiro atoms. The van der Waals surface area contributed by atoms with Crippen molar-refractivity contribution < 1.29 is 29.3 Å². The number of carbonyl (C=O) groups is 3. The first-order chi connectivity index (χ1) is 12.0. The highest BCUT2D eigenvalue weighted by Gasteiger charge is 2.37. The van der Waals surface area contributed by atoms with Gasteiger partial charge in [0.1, 0.15) is 11.3 Å². The number of hydrogen-bond acceptors (Lipinski definition) is 7. The predicted octanol–water partition coefficient (Wildman–Crippen LogP) is -0.552. The molecule has 9 nitrogen and oxygen atoms in total. The van der Waals surface area contributed by atoms with Crippen LogP contribution in [0.2, 0.25) is 0 Å². The van der Waals surface area contributed by atoms with Crippen LogP contribution in [-0.4, -0.2) is 66.4 Å². The Bertz CT molecular complexity index is 680.